The van der Waals surface area contributed by atoms with E-state index < -0.39 is 12.0 Å². The van der Waals surface area contributed by atoms with Crippen molar-refractivity contribution >= 4 is 5.69 Å². The first-order valence-electron chi connectivity index (χ1n) is 4.09. The van der Waals surface area contributed by atoms with Crippen molar-refractivity contribution < 1.29 is 17.7 Å². The van der Waals surface area contributed by atoms with Crippen LogP contribution in [0.5, 0.6) is 0 Å². The Kier molecular flexibility index (Phi) is 2.26. The van der Waals surface area contributed by atoms with Crippen molar-refractivity contribution in [1.29, 1.82) is 0 Å². The molecule has 0 atom stereocenters. The van der Waals surface area contributed by atoms with Gasteiger partial charge in [-0.1, -0.05) is 5.16 Å². The third kappa shape index (κ3) is 1.95. The van der Waals surface area contributed by atoms with Crippen LogP contribution in [0.25, 0.3) is 11.6 Å². The minimum Gasteiger partial charge on any atom is -0.397 e. The highest BCUT2D eigenvalue weighted by molar-refractivity contribution is 5.50. The molecule has 8 heteroatoms. The zero-order valence-corrected chi connectivity index (χ0v) is 7.69. The first kappa shape index (κ1) is 10.4. The number of hydrogen-bond acceptors (Lipinski definition) is 5. The number of nitrogens with zero attached hydrogens (tertiary/aromatic N) is 3. The molecular weight excluding hydrogens is 225 g/mol. The van der Waals surface area contributed by atoms with Gasteiger partial charge >= 0.3 is 6.18 Å². The molecule has 0 radical (unpaired) electrons. The standard InChI is InChI=1S/C8H5F3N4O/c9-8(10,11)7-14-6(16-15-7)5-2-1-4(12)3-13-5/h1-3H,12H2. The Labute approximate surface area is 87.1 Å². The van der Waals surface area contributed by atoms with Crippen molar-refractivity contribution in [1.82, 2.24) is 15.1 Å². The molecule has 0 fully saturated rings. The molecule has 16 heavy (non-hydrogen) atoms. The lowest BCUT2D eigenvalue weighted by Crippen LogP contribution is -2.07. The average molecular weight is 230 g/mol. The third-order valence-electron chi connectivity index (χ3n) is 1.69. The van der Waals surface area contributed by atoms with Gasteiger partial charge in [-0.3, -0.25) is 0 Å². The maximum Gasteiger partial charge on any atom is 0.455 e. The van der Waals surface area contributed by atoms with Crippen molar-refractivity contribution in [2.75, 3.05) is 5.73 Å². The van der Waals surface area contributed by atoms with Gasteiger partial charge < -0.3 is 10.3 Å². The molecule has 84 valence electrons. The molecule has 0 unspecified atom stereocenters. The predicted octanol–water partition coefficient (Wildman–Crippen LogP) is 1.73. The van der Waals surface area contributed by atoms with Crippen molar-refractivity contribution in [3.63, 3.8) is 0 Å². The van der Waals surface area contributed by atoms with Gasteiger partial charge in [0.15, 0.2) is 0 Å². The highest BCUT2D eigenvalue weighted by Gasteiger charge is 2.37. The van der Waals surface area contributed by atoms with E-state index in [0.29, 0.717) is 5.69 Å². The molecule has 0 amide bonds. The molecule has 2 aromatic heterocycles. The van der Waals surface area contributed by atoms with Crippen LogP contribution in [0.15, 0.2) is 22.9 Å². The second kappa shape index (κ2) is 3.47. The van der Waals surface area contributed by atoms with Crippen LogP contribution in [-0.4, -0.2) is 15.1 Å². The molecule has 0 aliphatic heterocycles. The second-order valence-corrected chi connectivity index (χ2v) is 2.90. The summed E-state index contributed by atoms with van der Waals surface area (Å²) in [6, 6.07) is 2.86. The maximum atomic E-state index is 12.2. The molecule has 0 aliphatic rings. The number of anilines is 1. The molecular formula is C8H5F3N4O. The molecule has 2 heterocycles. The summed E-state index contributed by atoms with van der Waals surface area (Å²) in [4.78, 5) is 6.93. The van der Waals surface area contributed by atoms with Gasteiger partial charge in [-0.05, 0) is 12.1 Å². The van der Waals surface area contributed by atoms with E-state index in [1.165, 1.54) is 18.3 Å². The van der Waals surface area contributed by atoms with Crippen molar-refractivity contribution in [3.05, 3.63) is 24.2 Å². The molecule has 2 aromatic rings. The fourth-order valence-electron chi connectivity index (χ4n) is 0.974. The number of hydrogen-bond donors (Lipinski definition) is 1. The largest absolute Gasteiger partial charge is 0.455 e. The van der Waals surface area contributed by atoms with E-state index in [4.69, 9.17) is 5.73 Å². The van der Waals surface area contributed by atoms with E-state index in [1.54, 1.807) is 0 Å². The number of aromatic nitrogens is 3. The lowest BCUT2D eigenvalue weighted by Gasteiger charge is -1.96. The van der Waals surface area contributed by atoms with Crippen LogP contribution in [0.4, 0.5) is 18.9 Å². The van der Waals surface area contributed by atoms with E-state index in [2.05, 4.69) is 19.6 Å². The molecule has 0 bridgehead atoms. The summed E-state index contributed by atoms with van der Waals surface area (Å²) >= 11 is 0. The predicted molar refractivity (Wildman–Crippen MR) is 46.9 cm³/mol. The second-order valence-electron chi connectivity index (χ2n) is 2.90. The van der Waals surface area contributed by atoms with E-state index in [-0.39, 0.29) is 11.6 Å². The summed E-state index contributed by atoms with van der Waals surface area (Å²) in [6.07, 6.45) is -3.34. The first-order chi connectivity index (χ1) is 7.47. The molecule has 0 spiro atoms. The number of pyridine rings is 1. The van der Waals surface area contributed by atoms with Crippen LogP contribution in [0.3, 0.4) is 0 Å². The van der Waals surface area contributed by atoms with Gasteiger partial charge in [0.1, 0.15) is 5.69 Å². The van der Waals surface area contributed by atoms with Crippen LogP contribution in [0.2, 0.25) is 0 Å². The first-order valence-corrected chi connectivity index (χ1v) is 4.09. The smallest absolute Gasteiger partial charge is 0.397 e. The summed E-state index contributed by atoms with van der Waals surface area (Å²) in [6.45, 7) is 0. The highest BCUT2D eigenvalue weighted by atomic mass is 19.4. The van der Waals surface area contributed by atoms with Gasteiger partial charge in [-0.2, -0.15) is 18.2 Å². The van der Waals surface area contributed by atoms with E-state index in [9.17, 15) is 13.2 Å². The number of halogens is 3. The van der Waals surface area contributed by atoms with Gasteiger partial charge in [0.25, 0.3) is 11.7 Å². The average Bonchev–Trinajstić information content (AvgIpc) is 2.67. The van der Waals surface area contributed by atoms with Crippen LogP contribution in [-0.2, 0) is 6.18 Å². The Hall–Kier alpha value is -2.12. The monoisotopic (exact) mass is 230 g/mol. The minimum absolute atomic E-state index is 0.136. The fourth-order valence-corrected chi connectivity index (χ4v) is 0.974. The zero-order valence-electron chi connectivity index (χ0n) is 7.69. The topological polar surface area (TPSA) is 77.8 Å². The Morgan fingerprint density at radius 3 is 2.50 bits per heavy atom. The maximum absolute atomic E-state index is 12.2. The van der Waals surface area contributed by atoms with Crippen molar-refractivity contribution in [2.45, 2.75) is 6.18 Å². The molecule has 0 aliphatic carbocycles. The van der Waals surface area contributed by atoms with Crippen LogP contribution in [0, 0.1) is 0 Å². The fraction of sp³-hybridized carbons (Fsp3) is 0.125. The lowest BCUT2D eigenvalue weighted by atomic mass is 10.3. The summed E-state index contributed by atoms with van der Waals surface area (Å²) in [7, 11) is 0. The molecule has 0 aromatic carbocycles. The Morgan fingerprint density at radius 2 is 2.00 bits per heavy atom. The van der Waals surface area contributed by atoms with Gasteiger partial charge in [-0.25, -0.2) is 4.98 Å². The van der Waals surface area contributed by atoms with Crippen LogP contribution in [0.1, 0.15) is 5.82 Å². The quantitative estimate of drug-likeness (QED) is 0.807. The Bertz CT molecular complexity index is 491. The van der Waals surface area contributed by atoms with Gasteiger partial charge in [0.2, 0.25) is 0 Å². The van der Waals surface area contributed by atoms with Crippen molar-refractivity contribution in [2.24, 2.45) is 0 Å². The van der Waals surface area contributed by atoms with Crippen LogP contribution < -0.4 is 5.73 Å². The lowest BCUT2D eigenvalue weighted by molar-refractivity contribution is -0.146. The minimum atomic E-state index is -4.63. The van der Waals surface area contributed by atoms with E-state index in [1.807, 2.05) is 0 Å². The van der Waals surface area contributed by atoms with Gasteiger partial charge in [-0.15, -0.1) is 0 Å². The molecule has 5 nitrogen and oxygen atoms in total. The zero-order chi connectivity index (χ0) is 11.8. The number of nitrogen functional groups attached to an aromatic ring is 1. The Balaban J connectivity index is 2.35. The highest BCUT2D eigenvalue weighted by Crippen LogP contribution is 2.28. The van der Waals surface area contributed by atoms with E-state index >= 15 is 0 Å². The summed E-state index contributed by atoms with van der Waals surface area (Å²) in [5.74, 6) is -1.63. The summed E-state index contributed by atoms with van der Waals surface area (Å²) < 4.78 is 40.9. The van der Waals surface area contributed by atoms with Crippen LogP contribution >= 0.6 is 0 Å². The van der Waals surface area contributed by atoms with Crippen molar-refractivity contribution in [3.8, 4) is 11.6 Å². The normalized spacial score (nSPS) is 11.7. The molecule has 0 saturated heterocycles. The molecule has 2 N–H and O–H groups in total. The summed E-state index contributed by atoms with van der Waals surface area (Å²) in [5, 5.41) is 2.80. The number of nitrogens with two attached hydrogens (primary N) is 1. The van der Waals surface area contributed by atoms with E-state index in [0.717, 1.165) is 0 Å². The molecule has 0 saturated carbocycles. The Morgan fingerprint density at radius 1 is 1.25 bits per heavy atom. The SMILES string of the molecule is Nc1ccc(-c2nc(C(F)(F)F)no2)nc1. The number of alkyl halides is 3. The van der Waals surface area contributed by atoms with Gasteiger partial charge in [0.05, 0.1) is 11.9 Å². The molecule has 2 rings (SSSR count). The summed E-state index contributed by atoms with van der Waals surface area (Å²) in [5.41, 5.74) is 5.89. The number of rotatable bonds is 1. The third-order valence-corrected chi connectivity index (χ3v) is 1.69. The van der Waals surface area contributed by atoms with Gasteiger partial charge in [0, 0.05) is 0 Å².